The quantitative estimate of drug-likeness (QED) is 0.193. The largest absolute Gasteiger partial charge is 0.497 e. The average molecular weight is 648 g/mol. The number of pyridine rings is 3. The molecule has 0 saturated heterocycles. The van der Waals surface area contributed by atoms with Crippen LogP contribution in [0.25, 0.3) is 90.9 Å². The maximum atomic E-state index is 5.65. The zero-order valence-electron chi connectivity index (χ0n) is 27.0. The fraction of sp³-hybridized carbons (Fsp3) is 0.0238. The van der Waals surface area contributed by atoms with Crippen LogP contribution in [0.5, 0.6) is 5.75 Å². The maximum Gasteiger partial charge on any atom is 0.119 e. The number of H-pyrrole nitrogens is 2. The molecule has 0 amide bonds. The van der Waals surface area contributed by atoms with Crippen LogP contribution in [0.2, 0.25) is 0 Å². The summed E-state index contributed by atoms with van der Waals surface area (Å²) in [5, 5.41) is 0. The molecule has 0 spiro atoms. The van der Waals surface area contributed by atoms with Crippen LogP contribution in [0.4, 0.5) is 0 Å². The van der Waals surface area contributed by atoms with Gasteiger partial charge in [-0.05, 0) is 119 Å². The topological polar surface area (TPSA) is 105 Å². The Bertz CT molecular complexity index is 2590. The van der Waals surface area contributed by atoms with Gasteiger partial charge in [0.2, 0.25) is 0 Å². The first-order valence-electron chi connectivity index (χ1n) is 16.3. The molecule has 0 saturated carbocycles. The Morgan fingerprint density at radius 2 is 0.780 bits per heavy atom. The molecule has 50 heavy (non-hydrogen) atoms. The molecule has 7 aromatic rings. The van der Waals surface area contributed by atoms with Crippen molar-refractivity contribution in [3.8, 4) is 50.3 Å². The van der Waals surface area contributed by atoms with E-state index in [0.717, 1.165) is 95.1 Å². The summed E-state index contributed by atoms with van der Waals surface area (Å²) < 4.78 is 5.65. The fourth-order valence-electron chi connectivity index (χ4n) is 6.75. The summed E-state index contributed by atoms with van der Waals surface area (Å²) in [7, 11) is 1.68. The molecule has 6 aromatic heterocycles. The molecule has 0 atom stereocenters. The Morgan fingerprint density at radius 3 is 1.14 bits per heavy atom. The SMILES string of the molecule is COc1cccc(-c2c3nc(c(-c4ccncc4)c4ccc([nH]4)c(-c4ccncc4)c4nc(c(-c5ccncc5)c5ccc2[nH]5)C=C4)C=C3)c1. The van der Waals surface area contributed by atoms with Crippen LogP contribution < -0.4 is 4.74 Å². The minimum absolute atomic E-state index is 0.766. The highest BCUT2D eigenvalue weighted by molar-refractivity contribution is 5.99. The number of hydrogen-bond donors (Lipinski definition) is 2. The molecular weight excluding hydrogens is 619 g/mol. The van der Waals surface area contributed by atoms with Crippen molar-refractivity contribution in [2.75, 3.05) is 7.11 Å². The van der Waals surface area contributed by atoms with Gasteiger partial charge in [0.25, 0.3) is 0 Å². The number of rotatable bonds is 5. The number of nitrogens with zero attached hydrogens (tertiary/aromatic N) is 5. The Labute approximate surface area is 287 Å². The minimum atomic E-state index is 0.766. The van der Waals surface area contributed by atoms with E-state index in [0.29, 0.717) is 0 Å². The molecule has 2 N–H and O–H groups in total. The average Bonchev–Trinajstić information content (AvgIpc) is 4.01. The smallest absolute Gasteiger partial charge is 0.119 e. The van der Waals surface area contributed by atoms with E-state index in [1.165, 1.54) is 0 Å². The molecule has 2 aliphatic rings. The van der Waals surface area contributed by atoms with E-state index in [1.807, 2.05) is 91.8 Å². The van der Waals surface area contributed by atoms with Crippen LogP contribution in [-0.4, -0.2) is 42.0 Å². The molecule has 238 valence electrons. The summed E-state index contributed by atoms with van der Waals surface area (Å²) >= 11 is 0. The number of nitrogens with one attached hydrogen (secondary N) is 2. The third-order valence-electron chi connectivity index (χ3n) is 9.02. The second kappa shape index (κ2) is 12.3. The second-order valence-corrected chi connectivity index (χ2v) is 11.9. The first-order chi connectivity index (χ1) is 24.7. The molecule has 0 aliphatic carbocycles. The van der Waals surface area contributed by atoms with Gasteiger partial charge in [-0.15, -0.1) is 0 Å². The number of fused-ring (bicyclic) bond motifs is 8. The molecule has 1 aromatic carbocycles. The molecule has 8 nitrogen and oxygen atoms in total. The van der Waals surface area contributed by atoms with E-state index in [9.17, 15) is 0 Å². The highest BCUT2D eigenvalue weighted by Crippen LogP contribution is 2.38. The van der Waals surface area contributed by atoms with Crippen LogP contribution in [0.1, 0.15) is 22.8 Å². The number of benzene rings is 1. The molecule has 9 rings (SSSR count). The van der Waals surface area contributed by atoms with Gasteiger partial charge in [-0.2, -0.15) is 0 Å². The number of hydrogen-bond acceptors (Lipinski definition) is 6. The molecule has 8 heterocycles. The molecular formula is C42H29N7O. The van der Waals surface area contributed by atoms with E-state index in [1.54, 1.807) is 7.11 Å². The van der Waals surface area contributed by atoms with Gasteiger partial charge in [-0.25, -0.2) is 9.97 Å². The molecule has 8 bridgehead atoms. The first-order valence-corrected chi connectivity index (χ1v) is 16.3. The van der Waals surface area contributed by atoms with Gasteiger partial charge in [0, 0.05) is 81.5 Å². The number of ether oxygens (including phenoxy) is 1. The van der Waals surface area contributed by atoms with Crippen molar-refractivity contribution < 1.29 is 4.74 Å². The first kappa shape index (κ1) is 29.2. The lowest BCUT2D eigenvalue weighted by atomic mass is 10.0. The van der Waals surface area contributed by atoms with E-state index in [-0.39, 0.29) is 0 Å². The van der Waals surface area contributed by atoms with Crippen molar-refractivity contribution in [1.29, 1.82) is 0 Å². The predicted molar refractivity (Wildman–Crippen MR) is 201 cm³/mol. The van der Waals surface area contributed by atoms with Crippen molar-refractivity contribution in [2.45, 2.75) is 0 Å². The Hall–Kier alpha value is -6.93. The summed E-state index contributed by atoms with van der Waals surface area (Å²) in [5.74, 6) is 0.766. The Morgan fingerprint density at radius 1 is 0.420 bits per heavy atom. The summed E-state index contributed by atoms with van der Waals surface area (Å²) in [6, 6.07) is 28.6. The van der Waals surface area contributed by atoms with Crippen LogP contribution in [0.3, 0.4) is 0 Å². The van der Waals surface area contributed by atoms with Gasteiger partial charge >= 0.3 is 0 Å². The summed E-state index contributed by atoms with van der Waals surface area (Å²) in [6.45, 7) is 0. The molecule has 0 fully saturated rings. The fourth-order valence-corrected chi connectivity index (χ4v) is 6.75. The highest BCUT2D eigenvalue weighted by atomic mass is 16.5. The van der Waals surface area contributed by atoms with Gasteiger partial charge in [0.05, 0.1) is 29.9 Å². The zero-order valence-corrected chi connectivity index (χ0v) is 27.0. The van der Waals surface area contributed by atoms with Crippen molar-refractivity contribution in [3.05, 3.63) is 145 Å². The predicted octanol–water partition coefficient (Wildman–Crippen LogP) is 9.52. The lowest BCUT2D eigenvalue weighted by Crippen LogP contribution is -1.90. The number of aromatic nitrogens is 7. The van der Waals surface area contributed by atoms with Gasteiger partial charge in [0.15, 0.2) is 0 Å². The monoisotopic (exact) mass is 647 g/mol. The minimum Gasteiger partial charge on any atom is -0.497 e. The van der Waals surface area contributed by atoms with E-state index < -0.39 is 0 Å². The standard InChI is InChI=1S/C42H29N7O/c1-50-30-4-2-3-29(25-30)42-37-11-9-35(48-37)40(27-15-21-44-22-16-27)33-7-5-31(46-33)39(26-13-19-43-20-14-26)32-6-8-34(47-32)41(28-17-23-45-24-18-28)36-10-12-38(42)49-36/h2-25,46,49H,1H3. The normalized spacial score (nSPS) is 11.9. The van der Waals surface area contributed by atoms with E-state index in [4.69, 9.17) is 14.7 Å². The summed E-state index contributed by atoms with van der Waals surface area (Å²) in [6.07, 6.45) is 19.2. The third-order valence-corrected chi connectivity index (χ3v) is 9.02. The van der Waals surface area contributed by atoms with Gasteiger partial charge in [0.1, 0.15) is 5.75 Å². The van der Waals surface area contributed by atoms with Crippen molar-refractivity contribution >= 4 is 46.4 Å². The van der Waals surface area contributed by atoms with Crippen LogP contribution in [0.15, 0.2) is 122 Å². The number of methoxy groups -OCH3 is 1. The van der Waals surface area contributed by atoms with Gasteiger partial charge < -0.3 is 14.7 Å². The van der Waals surface area contributed by atoms with Crippen molar-refractivity contribution in [2.24, 2.45) is 0 Å². The van der Waals surface area contributed by atoms with Gasteiger partial charge in [-0.1, -0.05) is 12.1 Å². The number of aromatic amines is 2. The van der Waals surface area contributed by atoms with Gasteiger partial charge in [-0.3, -0.25) is 15.0 Å². The zero-order chi connectivity index (χ0) is 33.4. The second-order valence-electron chi connectivity index (χ2n) is 11.9. The van der Waals surface area contributed by atoms with Crippen molar-refractivity contribution in [1.82, 2.24) is 34.9 Å². The molecule has 2 aliphatic heterocycles. The maximum absolute atomic E-state index is 5.65. The van der Waals surface area contributed by atoms with Crippen LogP contribution in [-0.2, 0) is 0 Å². The molecule has 8 heteroatoms. The molecule has 0 radical (unpaired) electrons. The lowest BCUT2D eigenvalue weighted by Gasteiger charge is -2.07. The van der Waals surface area contributed by atoms with Crippen molar-refractivity contribution in [3.63, 3.8) is 0 Å². The van der Waals surface area contributed by atoms with Crippen LogP contribution in [0, 0.1) is 0 Å². The molecule has 0 unspecified atom stereocenters. The lowest BCUT2D eigenvalue weighted by molar-refractivity contribution is 0.415. The van der Waals surface area contributed by atoms with E-state index >= 15 is 0 Å². The Balaban J connectivity index is 1.48. The summed E-state index contributed by atoms with van der Waals surface area (Å²) in [4.78, 5) is 31.0. The highest BCUT2D eigenvalue weighted by Gasteiger charge is 2.19. The Kier molecular flexibility index (Phi) is 7.17. The third kappa shape index (κ3) is 5.16. The summed E-state index contributed by atoms with van der Waals surface area (Å²) in [5.41, 5.74) is 14.9. The van der Waals surface area contributed by atoms with Crippen LogP contribution >= 0.6 is 0 Å². The van der Waals surface area contributed by atoms with E-state index in [2.05, 4.69) is 79.6 Å².